The number of fused-ring (bicyclic) bond motifs is 1. The minimum absolute atomic E-state index is 0.148. The fraction of sp³-hybridized carbons (Fsp3) is 0.316. The molecule has 142 valence electrons. The fourth-order valence-corrected chi connectivity index (χ4v) is 4.41. The van der Waals surface area contributed by atoms with Crippen LogP contribution in [-0.4, -0.2) is 21.1 Å². The third kappa shape index (κ3) is 4.22. The maximum absolute atomic E-state index is 13.4. The van der Waals surface area contributed by atoms with E-state index in [9.17, 15) is 14.0 Å². The number of halogens is 1. The SMILES string of the molecule is Cc1ccc(F)cc1NC(=O)C(C)SCc1nc2sc(C)c(C)c2c(=O)[nH]1. The number of H-pyrrole nitrogens is 1. The summed E-state index contributed by atoms with van der Waals surface area (Å²) in [6.45, 7) is 7.46. The number of thioether (sulfide) groups is 1. The van der Waals surface area contributed by atoms with Crippen molar-refractivity contribution < 1.29 is 9.18 Å². The normalized spacial score (nSPS) is 12.3. The fourth-order valence-electron chi connectivity index (χ4n) is 2.61. The lowest BCUT2D eigenvalue weighted by Crippen LogP contribution is -2.23. The first-order valence-corrected chi connectivity index (χ1v) is 10.3. The summed E-state index contributed by atoms with van der Waals surface area (Å²) < 4.78 is 13.4. The summed E-state index contributed by atoms with van der Waals surface area (Å²) in [6.07, 6.45) is 0. The van der Waals surface area contributed by atoms with Crippen LogP contribution in [0.2, 0.25) is 0 Å². The van der Waals surface area contributed by atoms with Crippen molar-refractivity contribution in [2.45, 2.75) is 38.7 Å². The first-order valence-electron chi connectivity index (χ1n) is 8.43. The van der Waals surface area contributed by atoms with Crippen molar-refractivity contribution in [2.75, 3.05) is 5.32 Å². The number of amides is 1. The number of rotatable bonds is 5. The Morgan fingerprint density at radius 2 is 2.11 bits per heavy atom. The zero-order chi connectivity index (χ0) is 19.7. The first-order chi connectivity index (χ1) is 12.8. The third-order valence-electron chi connectivity index (χ3n) is 4.38. The molecule has 0 saturated heterocycles. The maximum atomic E-state index is 13.4. The topological polar surface area (TPSA) is 74.8 Å². The van der Waals surface area contributed by atoms with Crippen molar-refractivity contribution in [1.29, 1.82) is 0 Å². The van der Waals surface area contributed by atoms with Crippen LogP contribution in [0.25, 0.3) is 10.2 Å². The van der Waals surface area contributed by atoms with Crippen LogP contribution in [0.3, 0.4) is 0 Å². The molecule has 27 heavy (non-hydrogen) atoms. The second-order valence-corrected chi connectivity index (χ2v) is 8.91. The Bertz CT molecular complexity index is 1070. The smallest absolute Gasteiger partial charge is 0.259 e. The van der Waals surface area contributed by atoms with Crippen LogP contribution in [-0.2, 0) is 10.5 Å². The summed E-state index contributed by atoms with van der Waals surface area (Å²) >= 11 is 2.86. The van der Waals surface area contributed by atoms with E-state index in [1.165, 1.54) is 35.2 Å². The molecule has 5 nitrogen and oxygen atoms in total. The van der Waals surface area contributed by atoms with Gasteiger partial charge in [0.2, 0.25) is 5.91 Å². The van der Waals surface area contributed by atoms with Crippen LogP contribution >= 0.6 is 23.1 Å². The molecule has 2 N–H and O–H groups in total. The minimum Gasteiger partial charge on any atom is -0.325 e. The van der Waals surface area contributed by atoms with Crippen LogP contribution in [0.15, 0.2) is 23.0 Å². The van der Waals surface area contributed by atoms with E-state index in [4.69, 9.17) is 0 Å². The summed E-state index contributed by atoms with van der Waals surface area (Å²) in [7, 11) is 0. The predicted octanol–water partition coefficient (Wildman–Crippen LogP) is 4.31. The summed E-state index contributed by atoms with van der Waals surface area (Å²) in [5.41, 5.74) is 2.07. The van der Waals surface area contributed by atoms with Crippen molar-refractivity contribution in [3.8, 4) is 0 Å². The maximum Gasteiger partial charge on any atom is 0.259 e. The van der Waals surface area contributed by atoms with E-state index in [0.29, 0.717) is 22.7 Å². The zero-order valence-electron chi connectivity index (χ0n) is 15.5. The minimum atomic E-state index is -0.396. The summed E-state index contributed by atoms with van der Waals surface area (Å²) in [5, 5.41) is 3.00. The molecule has 0 aliphatic heterocycles. The third-order valence-corrected chi connectivity index (χ3v) is 6.64. The molecule has 3 rings (SSSR count). The molecule has 3 aromatic rings. The number of aromatic amines is 1. The van der Waals surface area contributed by atoms with Crippen LogP contribution in [0.5, 0.6) is 0 Å². The predicted molar refractivity (Wildman–Crippen MR) is 110 cm³/mol. The van der Waals surface area contributed by atoms with Gasteiger partial charge in [-0.1, -0.05) is 6.07 Å². The van der Waals surface area contributed by atoms with Crippen molar-refractivity contribution in [1.82, 2.24) is 9.97 Å². The van der Waals surface area contributed by atoms with E-state index in [-0.39, 0.29) is 16.7 Å². The van der Waals surface area contributed by atoms with Crippen molar-refractivity contribution in [3.63, 3.8) is 0 Å². The van der Waals surface area contributed by atoms with Crippen molar-refractivity contribution >= 4 is 44.9 Å². The number of carbonyl (C=O) groups excluding carboxylic acids is 1. The zero-order valence-corrected chi connectivity index (χ0v) is 17.1. The van der Waals surface area contributed by atoms with E-state index >= 15 is 0 Å². The van der Waals surface area contributed by atoms with Gasteiger partial charge in [-0.25, -0.2) is 9.37 Å². The first kappa shape index (κ1) is 19.6. The summed E-state index contributed by atoms with van der Waals surface area (Å²) in [5.74, 6) is 0.325. The van der Waals surface area contributed by atoms with Gasteiger partial charge in [0.05, 0.1) is 16.4 Å². The molecule has 1 atom stereocenters. The van der Waals surface area contributed by atoms with Gasteiger partial charge in [0.1, 0.15) is 16.5 Å². The molecule has 1 amide bonds. The van der Waals surface area contributed by atoms with Gasteiger partial charge < -0.3 is 10.3 Å². The molecule has 0 aliphatic rings. The van der Waals surface area contributed by atoms with Gasteiger partial charge in [0.25, 0.3) is 5.56 Å². The highest BCUT2D eigenvalue weighted by atomic mass is 32.2. The van der Waals surface area contributed by atoms with Gasteiger partial charge in [-0.15, -0.1) is 23.1 Å². The lowest BCUT2D eigenvalue weighted by molar-refractivity contribution is -0.115. The molecule has 0 fully saturated rings. The van der Waals surface area contributed by atoms with E-state index < -0.39 is 5.82 Å². The summed E-state index contributed by atoms with van der Waals surface area (Å²) in [4.78, 5) is 33.8. The van der Waals surface area contributed by atoms with E-state index in [0.717, 1.165) is 20.8 Å². The molecule has 0 aliphatic carbocycles. The molecule has 2 heterocycles. The van der Waals surface area contributed by atoms with Crippen LogP contribution < -0.4 is 10.9 Å². The highest BCUT2D eigenvalue weighted by Gasteiger charge is 2.17. The Morgan fingerprint density at radius 1 is 1.37 bits per heavy atom. The molecule has 0 radical (unpaired) electrons. The average Bonchev–Trinajstić information content (AvgIpc) is 2.90. The lowest BCUT2D eigenvalue weighted by atomic mass is 10.2. The number of thiophene rings is 1. The molecule has 0 saturated carbocycles. The number of hydrogen-bond acceptors (Lipinski definition) is 5. The molecule has 8 heteroatoms. The molecular weight excluding hydrogens is 385 g/mol. The number of carbonyl (C=O) groups is 1. The Kier molecular flexibility index (Phi) is 5.67. The number of nitrogens with one attached hydrogen (secondary N) is 2. The largest absolute Gasteiger partial charge is 0.325 e. The van der Waals surface area contributed by atoms with Crippen molar-refractivity contribution in [3.05, 3.63) is 56.2 Å². The Labute approximate surface area is 164 Å². The number of aromatic nitrogens is 2. The van der Waals surface area contributed by atoms with Gasteiger partial charge in [-0.05, 0) is 51.0 Å². The van der Waals surface area contributed by atoms with Gasteiger partial charge in [-0.3, -0.25) is 9.59 Å². The molecular formula is C19H20FN3O2S2. The van der Waals surface area contributed by atoms with Crippen LogP contribution in [0.4, 0.5) is 10.1 Å². The highest BCUT2D eigenvalue weighted by molar-refractivity contribution is 7.99. The monoisotopic (exact) mass is 405 g/mol. The number of benzene rings is 1. The van der Waals surface area contributed by atoms with Gasteiger partial charge in [-0.2, -0.15) is 0 Å². The van der Waals surface area contributed by atoms with Crippen LogP contribution in [0.1, 0.15) is 28.8 Å². The quantitative estimate of drug-likeness (QED) is 0.663. The van der Waals surface area contributed by atoms with Gasteiger partial charge >= 0.3 is 0 Å². The van der Waals surface area contributed by atoms with Gasteiger partial charge in [0, 0.05) is 10.6 Å². The number of anilines is 1. The van der Waals surface area contributed by atoms with E-state index in [1.54, 1.807) is 13.0 Å². The van der Waals surface area contributed by atoms with Crippen LogP contribution in [0, 0.1) is 26.6 Å². The lowest BCUT2D eigenvalue weighted by Gasteiger charge is -2.13. The molecule has 0 bridgehead atoms. The molecule has 1 unspecified atom stereocenters. The summed E-state index contributed by atoms with van der Waals surface area (Å²) in [6, 6.07) is 4.28. The standard InChI is InChI=1S/C19H20FN3O2S2/c1-9-5-6-13(20)7-14(9)21-17(24)12(4)26-8-15-22-18(25)16-10(2)11(3)27-19(16)23-15/h5-7,12H,8H2,1-4H3,(H,21,24)(H,22,23,25). The van der Waals surface area contributed by atoms with E-state index in [1.807, 2.05) is 20.8 Å². The number of aryl methyl sites for hydroxylation is 3. The van der Waals surface area contributed by atoms with Gasteiger partial charge in [0.15, 0.2) is 0 Å². The Hall–Kier alpha value is -2.19. The molecule has 2 aromatic heterocycles. The number of hydrogen-bond donors (Lipinski definition) is 2. The Morgan fingerprint density at radius 3 is 2.85 bits per heavy atom. The Balaban J connectivity index is 1.69. The van der Waals surface area contributed by atoms with Crippen molar-refractivity contribution in [2.24, 2.45) is 0 Å². The molecule has 0 spiro atoms. The second-order valence-electron chi connectivity index (χ2n) is 6.38. The highest BCUT2D eigenvalue weighted by Crippen LogP contribution is 2.27. The second kappa shape index (κ2) is 7.82. The average molecular weight is 406 g/mol. The number of nitrogens with zero attached hydrogens (tertiary/aromatic N) is 1. The van der Waals surface area contributed by atoms with E-state index in [2.05, 4.69) is 15.3 Å². The molecule has 1 aromatic carbocycles.